The van der Waals surface area contributed by atoms with Crippen molar-refractivity contribution in [3.8, 4) is 6.07 Å². The normalized spacial score (nSPS) is 16.8. The number of amides is 1. The Hall–Kier alpha value is -1.80. The van der Waals surface area contributed by atoms with Crippen molar-refractivity contribution >= 4 is 5.91 Å². The molecule has 1 aromatic heterocycles. The molecule has 1 N–H and O–H groups in total. The number of carbonyl (C=O) groups excluding carboxylic acids is 1. The van der Waals surface area contributed by atoms with E-state index in [0.29, 0.717) is 12.2 Å². The highest BCUT2D eigenvalue weighted by atomic mass is 16.2. The van der Waals surface area contributed by atoms with Crippen LogP contribution in [0.25, 0.3) is 0 Å². The molecule has 5 heteroatoms. The van der Waals surface area contributed by atoms with Crippen molar-refractivity contribution in [1.82, 2.24) is 14.8 Å². The smallest absolute Gasteiger partial charge is 0.239 e. The first-order valence-electron chi connectivity index (χ1n) is 7.19. The number of carbonyl (C=O) groups is 1. The van der Waals surface area contributed by atoms with Gasteiger partial charge < -0.3 is 14.8 Å². The second-order valence-corrected chi connectivity index (χ2v) is 5.44. The van der Waals surface area contributed by atoms with Gasteiger partial charge in [0, 0.05) is 32.9 Å². The number of aromatic nitrogens is 1. The molecule has 1 aliphatic heterocycles. The zero-order valence-corrected chi connectivity index (χ0v) is 12.2. The number of nitriles is 1. The third-order valence-electron chi connectivity index (χ3n) is 3.83. The average molecular weight is 274 g/mol. The summed E-state index contributed by atoms with van der Waals surface area (Å²) >= 11 is 0. The van der Waals surface area contributed by atoms with E-state index in [2.05, 4.69) is 11.4 Å². The molecule has 1 amide bonds. The zero-order chi connectivity index (χ0) is 14.5. The van der Waals surface area contributed by atoms with Crippen LogP contribution in [0.1, 0.15) is 37.4 Å². The van der Waals surface area contributed by atoms with Gasteiger partial charge in [0.05, 0.1) is 6.04 Å². The molecular formula is C15H22N4O. The van der Waals surface area contributed by atoms with Gasteiger partial charge in [-0.2, -0.15) is 5.26 Å². The Morgan fingerprint density at radius 1 is 1.45 bits per heavy atom. The predicted molar refractivity (Wildman–Crippen MR) is 76.9 cm³/mol. The van der Waals surface area contributed by atoms with Crippen LogP contribution in [0.3, 0.4) is 0 Å². The first-order valence-corrected chi connectivity index (χ1v) is 7.19. The van der Waals surface area contributed by atoms with Gasteiger partial charge in [-0.05, 0) is 37.8 Å². The summed E-state index contributed by atoms with van der Waals surface area (Å²) in [5, 5.41) is 12.2. The van der Waals surface area contributed by atoms with Crippen LogP contribution in [-0.2, 0) is 18.4 Å². The van der Waals surface area contributed by atoms with Crippen molar-refractivity contribution in [3.05, 3.63) is 23.5 Å². The van der Waals surface area contributed by atoms with Crippen LogP contribution >= 0.6 is 0 Å². The monoisotopic (exact) mass is 274 g/mol. The molecule has 5 nitrogen and oxygen atoms in total. The number of nitrogens with zero attached hydrogens (tertiary/aromatic N) is 3. The maximum Gasteiger partial charge on any atom is 0.239 e. The molecular weight excluding hydrogens is 252 g/mol. The number of hydrogen-bond donors (Lipinski definition) is 1. The summed E-state index contributed by atoms with van der Waals surface area (Å²) in [6.07, 6.45) is 5.38. The highest BCUT2D eigenvalue weighted by molar-refractivity contribution is 5.81. The first-order chi connectivity index (χ1) is 9.61. The lowest BCUT2D eigenvalue weighted by molar-refractivity contribution is -0.133. The number of aryl methyl sites for hydroxylation is 1. The Bertz CT molecular complexity index is 508. The van der Waals surface area contributed by atoms with E-state index in [0.717, 1.165) is 31.5 Å². The van der Waals surface area contributed by atoms with Gasteiger partial charge in [0.25, 0.3) is 0 Å². The molecule has 0 spiro atoms. The van der Waals surface area contributed by atoms with Crippen molar-refractivity contribution in [1.29, 1.82) is 5.26 Å². The van der Waals surface area contributed by atoms with E-state index in [1.807, 2.05) is 31.1 Å². The minimum Gasteiger partial charge on any atom is -0.342 e. The third-order valence-corrected chi connectivity index (χ3v) is 3.83. The van der Waals surface area contributed by atoms with Crippen molar-refractivity contribution < 1.29 is 4.79 Å². The van der Waals surface area contributed by atoms with Gasteiger partial charge in [0.2, 0.25) is 5.91 Å². The molecule has 1 aromatic rings. The van der Waals surface area contributed by atoms with Crippen molar-refractivity contribution in [2.75, 3.05) is 13.1 Å². The Balaban J connectivity index is 1.86. The highest BCUT2D eigenvalue weighted by Gasteiger charge is 2.21. The molecule has 2 rings (SSSR count). The summed E-state index contributed by atoms with van der Waals surface area (Å²) in [6.45, 7) is 4.28. The minimum atomic E-state index is -0.182. The van der Waals surface area contributed by atoms with E-state index in [4.69, 9.17) is 5.26 Å². The van der Waals surface area contributed by atoms with Gasteiger partial charge in [-0.25, -0.2) is 0 Å². The van der Waals surface area contributed by atoms with E-state index in [1.165, 1.54) is 6.42 Å². The summed E-state index contributed by atoms with van der Waals surface area (Å²) in [4.78, 5) is 14.2. The first kappa shape index (κ1) is 14.6. The maximum atomic E-state index is 12.3. The Kier molecular flexibility index (Phi) is 4.80. The summed E-state index contributed by atoms with van der Waals surface area (Å²) in [7, 11) is 1.85. The second-order valence-electron chi connectivity index (χ2n) is 5.44. The van der Waals surface area contributed by atoms with Crippen molar-refractivity contribution in [3.63, 3.8) is 0 Å². The lowest BCUT2D eigenvalue weighted by Crippen LogP contribution is -2.46. The van der Waals surface area contributed by atoms with Gasteiger partial charge in [-0.1, -0.05) is 0 Å². The van der Waals surface area contributed by atoms with Gasteiger partial charge >= 0.3 is 0 Å². The molecule has 0 saturated carbocycles. The lowest BCUT2D eigenvalue weighted by atomic mass is 10.1. The Labute approximate surface area is 120 Å². The molecule has 1 unspecified atom stereocenters. The Morgan fingerprint density at radius 3 is 2.75 bits per heavy atom. The van der Waals surface area contributed by atoms with Gasteiger partial charge in [-0.15, -0.1) is 0 Å². The molecule has 1 aliphatic rings. The van der Waals surface area contributed by atoms with Crippen LogP contribution in [0.4, 0.5) is 0 Å². The molecule has 1 fully saturated rings. The van der Waals surface area contributed by atoms with Crippen molar-refractivity contribution in [2.45, 2.75) is 38.8 Å². The molecule has 108 valence electrons. The van der Waals surface area contributed by atoms with E-state index in [-0.39, 0.29) is 11.9 Å². The molecule has 20 heavy (non-hydrogen) atoms. The molecule has 2 heterocycles. The number of hydrogen-bond acceptors (Lipinski definition) is 3. The molecule has 1 atom stereocenters. The Morgan fingerprint density at radius 2 is 2.15 bits per heavy atom. The fourth-order valence-electron chi connectivity index (χ4n) is 2.59. The fraction of sp³-hybridized carbons (Fsp3) is 0.600. The topological polar surface area (TPSA) is 61.1 Å². The van der Waals surface area contributed by atoms with Gasteiger partial charge in [0.1, 0.15) is 11.8 Å². The van der Waals surface area contributed by atoms with E-state index >= 15 is 0 Å². The standard InChI is InChI=1S/C15H22N4O/c1-12(15(20)19-6-4-3-5-7-19)17-10-13-8-14(9-16)18(2)11-13/h8,11-12,17H,3-7,10H2,1-2H3. The molecule has 0 bridgehead atoms. The fourth-order valence-corrected chi connectivity index (χ4v) is 2.59. The van der Waals surface area contributed by atoms with Crippen LogP contribution in [0.5, 0.6) is 0 Å². The largest absolute Gasteiger partial charge is 0.342 e. The molecule has 0 radical (unpaired) electrons. The van der Waals surface area contributed by atoms with Crippen LogP contribution in [-0.4, -0.2) is 34.5 Å². The summed E-state index contributed by atoms with van der Waals surface area (Å²) in [6, 6.07) is 3.81. The van der Waals surface area contributed by atoms with Crippen LogP contribution in [0.15, 0.2) is 12.3 Å². The summed E-state index contributed by atoms with van der Waals surface area (Å²) in [5.74, 6) is 0.182. The van der Waals surface area contributed by atoms with Crippen LogP contribution in [0, 0.1) is 11.3 Å². The minimum absolute atomic E-state index is 0.182. The molecule has 1 saturated heterocycles. The number of piperidine rings is 1. The SMILES string of the molecule is CC(NCc1cc(C#N)n(C)c1)C(=O)N1CCCCC1. The van der Waals surface area contributed by atoms with Crippen molar-refractivity contribution in [2.24, 2.45) is 7.05 Å². The maximum absolute atomic E-state index is 12.3. The molecule has 0 aromatic carbocycles. The summed E-state index contributed by atoms with van der Waals surface area (Å²) < 4.78 is 1.80. The van der Waals surface area contributed by atoms with E-state index < -0.39 is 0 Å². The quantitative estimate of drug-likeness (QED) is 0.902. The van der Waals surface area contributed by atoms with Crippen LogP contribution in [0.2, 0.25) is 0 Å². The highest BCUT2D eigenvalue weighted by Crippen LogP contribution is 2.11. The second kappa shape index (κ2) is 6.58. The number of likely N-dealkylation sites (tertiary alicyclic amines) is 1. The summed E-state index contributed by atoms with van der Waals surface area (Å²) in [5.41, 5.74) is 1.67. The third kappa shape index (κ3) is 3.40. The van der Waals surface area contributed by atoms with E-state index in [9.17, 15) is 4.79 Å². The van der Waals surface area contributed by atoms with Gasteiger partial charge in [0.15, 0.2) is 0 Å². The number of rotatable bonds is 4. The molecule has 0 aliphatic carbocycles. The number of nitrogens with one attached hydrogen (secondary N) is 1. The van der Waals surface area contributed by atoms with Crippen LogP contribution < -0.4 is 5.32 Å². The van der Waals surface area contributed by atoms with E-state index in [1.54, 1.807) is 4.57 Å². The zero-order valence-electron chi connectivity index (χ0n) is 12.2. The lowest BCUT2D eigenvalue weighted by Gasteiger charge is -2.29. The van der Waals surface area contributed by atoms with Gasteiger partial charge in [-0.3, -0.25) is 4.79 Å². The average Bonchev–Trinajstić information content (AvgIpc) is 2.85. The predicted octanol–water partition coefficient (Wildman–Crippen LogP) is 1.39.